The van der Waals surface area contributed by atoms with Crippen LogP contribution in [0.1, 0.15) is 111 Å². The molecule has 0 fully saturated rings. The second-order valence-electron chi connectivity index (χ2n) is 11.5. The van der Waals surface area contributed by atoms with Crippen molar-refractivity contribution in [1.29, 1.82) is 0 Å². The van der Waals surface area contributed by atoms with Gasteiger partial charge in [-0.25, -0.2) is 0 Å². The van der Waals surface area contributed by atoms with Gasteiger partial charge in [0, 0.05) is 18.8 Å². The molecule has 0 radical (unpaired) electrons. The van der Waals surface area contributed by atoms with Gasteiger partial charge in [-0.2, -0.15) is 15.0 Å². The van der Waals surface area contributed by atoms with Gasteiger partial charge in [-0.1, -0.05) is 66.2 Å². The highest BCUT2D eigenvalue weighted by Crippen LogP contribution is 2.42. The SMILES string of the molecule is CCCCC(CC)CNc1nc(NCC(CC)CCCC)nc(Nc2ccc(O)c3c2C(=O)c2c(O)ccc(N)c2C3=O)n1. The van der Waals surface area contributed by atoms with Crippen LogP contribution in [-0.4, -0.2) is 49.8 Å². The van der Waals surface area contributed by atoms with Gasteiger partial charge < -0.3 is 31.9 Å². The van der Waals surface area contributed by atoms with E-state index in [4.69, 9.17) is 5.73 Å². The first-order chi connectivity index (χ1) is 21.2. The maximum Gasteiger partial charge on any atom is 0.233 e. The van der Waals surface area contributed by atoms with E-state index in [1.165, 1.54) is 24.3 Å². The molecule has 1 aliphatic rings. The number of benzene rings is 2. The van der Waals surface area contributed by atoms with E-state index in [-0.39, 0.29) is 51.1 Å². The number of nitrogens with zero attached hydrogens (tertiary/aromatic N) is 3. The number of aromatic nitrogens is 3. The van der Waals surface area contributed by atoms with Crippen LogP contribution in [0.3, 0.4) is 0 Å². The molecule has 11 heteroatoms. The minimum Gasteiger partial charge on any atom is -0.507 e. The van der Waals surface area contributed by atoms with Crippen molar-refractivity contribution < 1.29 is 19.8 Å². The van der Waals surface area contributed by atoms with Crippen molar-refractivity contribution in [3.8, 4) is 11.5 Å². The monoisotopic (exact) mass is 603 g/mol. The molecule has 4 rings (SSSR count). The second-order valence-corrected chi connectivity index (χ2v) is 11.5. The van der Waals surface area contributed by atoms with Gasteiger partial charge in [-0.3, -0.25) is 9.59 Å². The van der Waals surface area contributed by atoms with E-state index in [0.717, 1.165) is 51.4 Å². The summed E-state index contributed by atoms with van der Waals surface area (Å²) in [6, 6.07) is 5.44. The van der Waals surface area contributed by atoms with E-state index >= 15 is 0 Å². The average Bonchev–Trinajstić information content (AvgIpc) is 3.01. The van der Waals surface area contributed by atoms with Gasteiger partial charge in [-0.05, 0) is 48.9 Å². The highest BCUT2D eigenvalue weighted by molar-refractivity contribution is 6.33. The van der Waals surface area contributed by atoms with Crippen LogP contribution in [0.5, 0.6) is 11.5 Å². The molecule has 11 nitrogen and oxygen atoms in total. The predicted molar refractivity (Wildman–Crippen MR) is 174 cm³/mol. The van der Waals surface area contributed by atoms with Gasteiger partial charge in [0.1, 0.15) is 11.5 Å². The van der Waals surface area contributed by atoms with Crippen LogP contribution >= 0.6 is 0 Å². The number of hydrogen-bond donors (Lipinski definition) is 6. The number of carbonyl (C=O) groups is 2. The summed E-state index contributed by atoms with van der Waals surface area (Å²) in [5.41, 5.74) is 5.64. The summed E-state index contributed by atoms with van der Waals surface area (Å²) in [7, 11) is 0. The maximum absolute atomic E-state index is 13.7. The van der Waals surface area contributed by atoms with Crippen molar-refractivity contribution in [1.82, 2.24) is 15.0 Å². The zero-order chi connectivity index (χ0) is 31.8. The summed E-state index contributed by atoms with van der Waals surface area (Å²) >= 11 is 0. The minimum atomic E-state index is -0.653. The molecule has 44 heavy (non-hydrogen) atoms. The molecule has 1 heterocycles. The summed E-state index contributed by atoms with van der Waals surface area (Å²) in [6.45, 7) is 10.1. The van der Waals surface area contributed by atoms with Crippen LogP contribution in [0.15, 0.2) is 24.3 Å². The molecule has 0 aliphatic heterocycles. The number of fused-ring (bicyclic) bond motifs is 2. The zero-order valence-corrected chi connectivity index (χ0v) is 26.2. The summed E-state index contributed by atoms with van der Waals surface area (Å²) in [4.78, 5) is 41.0. The van der Waals surface area contributed by atoms with Crippen molar-refractivity contribution in [2.45, 2.75) is 79.1 Å². The lowest BCUT2D eigenvalue weighted by atomic mass is 9.81. The first-order valence-corrected chi connectivity index (χ1v) is 15.8. The number of carbonyl (C=O) groups excluding carboxylic acids is 2. The normalized spacial score (nSPS) is 13.6. The number of phenolic OH excluding ortho intramolecular Hbond substituents is 2. The van der Waals surface area contributed by atoms with Crippen LogP contribution in [0.2, 0.25) is 0 Å². The van der Waals surface area contributed by atoms with Gasteiger partial charge in [0.05, 0.1) is 27.9 Å². The van der Waals surface area contributed by atoms with Crippen LogP contribution in [0, 0.1) is 11.8 Å². The fourth-order valence-corrected chi connectivity index (χ4v) is 5.56. The largest absolute Gasteiger partial charge is 0.507 e. The lowest BCUT2D eigenvalue weighted by Crippen LogP contribution is -2.24. The Hall–Kier alpha value is -4.41. The molecule has 236 valence electrons. The molecule has 0 bridgehead atoms. The first-order valence-electron chi connectivity index (χ1n) is 15.8. The molecule has 2 atom stereocenters. The molecule has 0 saturated carbocycles. The second kappa shape index (κ2) is 14.9. The Kier molecular flexibility index (Phi) is 11.0. The number of aromatic hydroxyl groups is 2. The van der Waals surface area contributed by atoms with Crippen LogP contribution < -0.4 is 21.7 Å². The Bertz CT molecular complexity index is 1460. The van der Waals surface area contributed by atoms with E-state index in [1.54, 1.807) is 0 Å². The van der Waals surface area contributed by atoms with Gasteiger partial charge in [0.2, 0.25) is 29.4 Å². The third kappa shape index (κ3) is 7.20. The minimum absolute atomic E-state index is 0.0390. The van der Waals surface area contributed by atoms with Crippen molar-refractivity contribution in [3.05, 3.63) is 46.5 Å². The molecular formula is C33H45N7O4. The molecule has 0 amide bonds. The molecule has 2 unspecified atom stereocenters. The number of anilines is 5. The molecule has 3 aromatic rings. The first kappa shape index (κ1) is 32.5. The Morgan fingerprint density at radius 2 is 1.16 bits per heavy atom. The molecule has 1 aromatic heterocycles. The Morgan fingerprint density at radius 3 is 1.68 bits per heavy atom. The summed E-state index contributed by atoms with van der Waals surface area (Å²) in [5.74, 6) is -0.187. The smallest absolute Gasteiger partial charge is 0.233 e. The fraction of sp³-hybridized carbons (Fsp3) is 0.485. The van der Waals surface area contributed by atoms with Gasteiger partial charge in [-0.15, -0.1) is 0 Å². The quantitative estimate of drug-likeness (QED) is 0.0598. The van der Waals surface area contributed by atoms with E-state index < -0.39 is 11.6 Å². The zero-order valence-electron chi connectivity index (χ0n) is 26.2. The van der Waals surface area contributed by atoms with E-state index in [2.05, 4.69) is 58.6 Å². The molecule has 1 aliphatic carbocycles. The third-order valence-corrected chi connectivity index (χ3v) is 8.37. The third-order valence-electron chi connectivity index (χ3n) is 8.37. The number of hydrogen-bond acceptors (Lipinski definition) is 11. The summed E-state index contributed by atoms with van der Waals surface area (Å²) in [6.07, 6.45) is 8.82. The Balaban J connectivity index is 1.69. The molecule has 0 saturated heterocycles. The molecular weight excluding hydrogens is 558 g/mol. The number of ketones is 2. The molecule has 2 aromatic carbocycles. The van der Waals surface area contributed by atoms with Crippen LogP contribution in [-0.2, 0) is 0 Å². The summed E-state index contributed by atoms with van der Waals surface area (Å²) in [5, 5.41) is 31.0. The van der Waals surface area contributed by atoms with Crippen molar-refractivity contribution in [2.24, 2.45) is 11.8 Å². The Labute approximate surface area is 259 Å². The number of phenols is 2. The van der Waals surface area contributed by atoms with Gasteiger partial charge in [0.15, 0.2) is 0 Å². The van der Waals surface area contributed by atoms with E-state index in [9.17, 15) is 19.8 Å². The number of nitrogens with one attached hydrogen (secondary N) is 3. The lowest BCUT2D eigenvalue weighted by molar-refractivity contribution is 0.0975. The number of unbranched alkanes of at least 4 members (excludes halogenated alkanes) is 2. The van der Waals surface area contributed by atoms with E-state index in [1.807, 2.05) is 0 Å². The highest BCUT2D eigenvalue weighted by atomic mass is 16.3. The number of rotatable bonds is 16. The maximum atomic E-state index is 13.7. The molecule has 7 N–H and O–H groups in total. The average molecular weight is 604 g/mol. The standard InChI is InChI=1S/C33H45N7O4/c1-5-9-11-19(7-3)17-35-31-38-32(36-18-20(8-4)12-10-6-2)40-33(39-31)37-22-14-16-24(42)28-26(22)30(44)27-23(41)15-13-21(34)25(27)29(28)43/h13-16,19-20,41-42H,5-12,17-18,34H2,1-4H3,(H3,35,36,37,38,39,40). The van der Waals surface area contributed by atoms with Gasteiger partial charge >= 0.3 is 0 Å². The highest BCUT2D eigenvalue weighted by Gasteiger charge is 2.37. The van der Waals surface area contributed by atoms with Crippen LogP contribution in [0.4, 0.5) is 29.2 Å². The number of nitrogen functional groups attached to an aromatic ring is 1. The number of nitrogens with two attached hydrogens (primary N) is 1. The van der Waals surface area contributed by atoms with Crippen molar-refractivity contribution in [3.63, 3.8) is 0 Å². The molecule has 0 spiro atoms. The summed E-state index contributed by atoms with van der Waals surface area (Å²) < 4.78 is 0. The topological polar surface area (TPSA) is 175 Å². The van der Waals surface area contributed by atoms with Crippen molar-refractivity contribution >= 4 is 40.8 Å². The van der Waals surface area contributed by atoms with Crippen molar-refractivity contribution in [2.75, 3.05) is 34.8 Å². The van der Waals surface area contributed by atoms with Gasteiger partial charge in [0.25, 0.3) is 0 Å². The lowest BCUT2D eigenvalue weighted by Gasteiger charge is -2.23. The van der Waals surface area contributed by atoms with Crippen LogP contribution in [0.25, 0.3) is 0 Å². The predicted octanol–water partition coefficient (Wildman–Crippen LogP) is 6.64. The fourth-order valence-electron chi connectivity index (χ4n) is 5.56. The Morgan fingerprint density at radius 1 is 0.682 bits per heavy atom. The van der Waals surface area contributed by atoms with E-state index in [0.29, 0.717) is 36.8 Å².